The lowest BCUT2D eigenvalue weighted by Gasteiger charge is -2.00. The Labute approximate surface area is 86.2 Å². The summed E-state index contributed by atoms with van der Waals surface area (Å²) < 4.78 is 13.3. The van der Waals surface area contributed by atoms with E-state index in [0.29, 0.717) is 18.4 Å². The van der Waals surface area contributed by atoms with E-state index < -0.39 is 5.24 Å². The van der Waals surface area contributed by atoms with Crippen LogP contribution in [0.25, 0.3) is 5.57 Å². The smallest absolute Gasteiger partial charge is 0.245 e. The van der Waals surface area contributed by atoms with E-state index in [0.717, 1.165) is 11.1 Å². The number of fused-ring (bicyclic) bond motifs is 1. The van der Waals surface area contributed by atoms with Gasteiger partial charge >= 0.3 is 0 Å². The van der Waals surface area contributed by atoms with E-state index in [-0.39, 0.29) is 5.82 Å². The van der Waals surface area contributed by atoms with Crippen molar-refractivity contribution in [2.45, 2.75) is 12.8 Å². The molecule has 0 radical (unpaired) electrons. The molecule has 1 aromatic rings. The number of carbonyl (C=O) groups is 1. The molecule has 1 nitrogen and oxygen atoms in total. The normalized spacial score (nSPS) is 17.1. The number of rotatable bonds is 1. The molecule has 1 aliphatic rings. The van der Waals surface area contributed by atoms with Crippen molar-refractivity contribution in [1.82, 2.24) is 0 Å². The summed E-state index contributed by atoms with van der Waals surface area (Å²) in [4.78, 5) is 10.7. The van der Waals surface area contributed by atoms with Crippen molar-refractivity contribution >= 4 is 22.4 Å². The molecule has 14 heavy (non-hydrogen) atoms. The van der Waals surface area contributed by atoms with Gasteiger partial charge in [-0.25, -0.2) is 4.39 Å². The van der Waals surface area contributed by atoms with Gasteiger partial charge in [0.1, 0.15) is 5.82 Å². The maximum absolute atomic E-state index is 13.3. The standard InChI is InChI=1S/C11H8ClFO/c12-11(14)6-7-4-5-9-8(7)2-1-3-10(9)13/h1-3,6H,4-5H2/b7-6-. The highest BCUT2D eigenvalue weighted by atomic mass is 35.5. The van der Waals surface area contributed by atoms with E-state index in [1.807, 2.05) is 6.07 Å². The zero-order valence-electron chi connectivity index (χ0n) is 7.39. The average molecular weight is 211 g/mol. The third kappa shape index (κ3) is 1.58. The number of carbonyl (C=O) groups excluding carboxylic acids is 1. The molecule has 0 fully saturated rings. The van der Waals surface area contributed by atoms with Gasteiger partial charge in [0.05, 0.1) is 0 Å². The lowest BCUT2D eigenvalue weighted by molar-refractivity contribution is -0.107. The van der Waals surface area contributed by atoms with Crippen LogP contribution in [0.1, 0.15) is 17.5 Å². The monoisotopic (exact) mass is 210 g/mol. The molecular weight excluding hydrogens is 203 g/mol. The van der Waals surface area contributed by atoms with E-state index in [9.17, 15) is 9.18 Å². The Hall–Kier alpha value is -1.15. The first kappa shape index (κ1) is 9.41. The molecule has 3 heteroatoms. The molecule has 0 amide bonds. The molecule has 0 saturated carbocycles. The predicted octanol–water partition coefficient (Wildman–Crippen LogP) is 2.92. The van der Waals surface area contributed by atoms with E-state index in [2.05, 4.69) is 0 Å². The first-order valence-corrected chi connectivity index (χ1v) is 4.74. The summed E-state index contributed by atoms with van der Waals surface area (Å²) in [6.45, 7) is 0. The topological polar surface area (TPSA) is 17.1 Å². The van der Waals surface area contributed by atoms with Gasteiger partial charge in [-0.05, 0) is 47.2 Å². The van der Waals surface area contributed by atoms with Crippen molar-refractivity contribution in [1.29, 1.82) is 0 Å². The SMILES string of the molecule is O=C(Cl)/C=C1/CCc2c(F)cccc21. The maximum Gasteiger partial charge on any atom is 0.245 e. The molecule has 2 rings (SSSR count). The van der Waals surface area contributed by atoms with Gasteiger partial charge in [0.15, 0.2) is 0 Å². The highest BCUT2D eigenvalue weighted by Crippen LogP contribution is 2.33. The van der Waals surface area contributed by atoms with Crippen molar-refractivity contribution in [3.8, 4) is 0 Å². The van der Waals surface area contributed by atoms with Crippen LogP contribution in [-0.4, -0.2) is 5.24 Å². The highest BCUT2D eigenvalue weighted by molar-refractivity contribution is 6.67. The predicted molar refractivity (Wildman–Crippen MR) is 53.6 cm³/mol. The summed E-state index contributed by atoms with van der Waals surface area (Å²) in [5, 5.41) is -0.503. The summed E-state index contributed by atoms with van der Waals surface area (Å²) in [6, 6.07) is 4.90. The number of hydrogen-bond donors (Lipinski definition) is 0. The van der Waals surface area contributed by atoms with Crippen molar-refractivity contribution < 1.29 is 9.18 Å². The summed E-state index contributed by atoms with van der Waals surface area (Å²) >= 11 is 5.26. The minimum absolute atomic E-state index is 0.201. The Morgan fingerprint density at radius 1 is 1.43 bits per heavy atom. The van der Waals surface area contributed by atoms with Crippen molar-refractivity contribution in [3.63, 3.8) is 0 Å². The van der Waals surface area contributed by atoms with E-state index >= 15 is 0 Å². The van der Waals surface area contributed by atoms with Crippen LogP contribution in [0.5, 0.6) is 0 Å². The molecule has 1 aliphatic carbocycles. The molecule has 72 valence electrons. The summed E-state index contributed by atoms with van der Waals surface area (Å²) in [5.74, 6) is -0.201. The Bertz CT molecular complexity index is 423. The molecule has 0 saturated heterocycles. The molecule has 0 aromatic heterocycles. The molecule has 0 unspecified atom stereocenters. The van der Waals surface area contributed by atoms with Crippen molar-refractivity contribution in [2.24, 2.45) is 0 Å². The van der Waals surface area contributed by atoms with Crippen LogP contribution >= 0.6 is 11.6 Å². The highest BCUT2D eigenvalue weighted by Gasteiger charge is 2.19. The van der Waals surface area contributed by atoms with Crippen LogP contribution in [0.4, 0.5) is 4.39 Å². The average Bonchev–Trinajstić information content (AvgIpc) is 2.49. The molecule has 0 aliphatic heterocycles. The van der Waals surface area contributed by atoms with Crippen LogP contribution in [0.3, 0.4) is 0 Å². The van der Waals surface area contributed by atoms with Gasteiger partial charge in [-0.15, -0.1) is 0 Å². The minimum Gasteiger partial charge on any atom is -0.276 e. The van der Waals surface area contributed by atoms with Crippen LogP contribution in [-0.2, 0) is 11.2 Å². The molecule has 0 bridgehead atoms. The zero-order valence-corrected chi connectivity index (χ0v) is 8.14. The zero-order chi connectivity index (χ0) is 10.1. The summed E-state index contributed by atoms with van der Waals surface area (Å²) in [7, 11) is 0. The largest absolute Gasteiger partial charge is 0.276 e. The second-order valence-corrected chi connectivity index (χ2v) is 3.61. The van der Waals surface area contributed by atoms with Crippen LogP contribution in [0.2, 0.25) is 0 Å². The van der Waals surface area contributed by atoms with Gasteiger partial charge in [-0.2, -0.15) is 0 Å². The third-order valence-corrected chi connectivity index (χ3v) is 2.51. The Morgan fingerprint density at radius 3 is 2.93 bits per heavy atom. The Morgan fingerprint density at radius 2 is 2.21 bits per heavy atom. The van der Waals surface area contributed by atoms with Crippen LogP contribution in [0, 0.1) is 5.82 Å². The molecular formula is C11H8ClFO. The van der Waals surface area contributed by atoms with Crippen LogP contribution < -0.4 is 0 Å². The fraction of sp³-hybridized carbons (Fsp3) is 0.182. The fourth-order valence-electron chi connectivity index (χ4n) is 1.79. The van der Waals surface area contributed by atoms with Gasteiger partial charge in [-0.3, -0.25) is 4.79 Å². The van der Waals surface area contributed by atoms with E-state index in [4.69, 9.17) is 11.6 Å². The molecule has 0 spiro atoms. The van der Waals surface area contributed by atoms with Gasteiger partial charge < -0.3 is 0 Å². The number of allylic oxidation sites excluding steroid dienone is 2. The first-order chi connectivity index (χ1) is 6.68. The van der Waals surface area contributed by atoms with Crippen LogP contribution in [0.15, 0.2) is 24.3 Å². The molecule has 0 heterocycles. The molecule has 0 atom stereocenters. The second-order valence-electron chi connectivity index (χ2n) is 3.24. The third-order valence-electron chi connectivity index (χ3n) is 2.40. The minimum atomic E-state index is -0.503. The first-order valence-electron chi connectivity index (χ1n) is 4.36. The van der Waals surface area contributed by atoms with Crippen molar-refractivity contribution in [3.05, 3.63) is 41.2 Å². The Kier molecular flexibility index (Phi) is 2.38. The lowest BCUT2D eigenvalue weighted by Crippen LogP contribution is -1.87. The van der Waals surface area contributed by atoms with Gasteiger partial charge in [-0.1, -0.05) is 12.1 Å². The van der Waals surface area contributed by atoms with Gasteiger partial charge in [0, 0.05) is 6.08 Å². The lowest BCUT2D eigenvalue weighted by atomic mass is 10.1. The van der Waals surface area contributed by atoms with E-state index in [1.165, 1.54) is 12.1 Å². The van der Waals surface area contributed by atoms with Gasteiger partial charge in [0.2, 0.25) is 5.24 Å². The number of benzene rings is 1. The quantitative estimate of drug-likeness (QED) is 0.515. The molecule has 1 aromatic carbocycles. The maximum atomic E-state index is 13.3. The summed E-state index contributed by atoms with van der Waals surface area (Å²) in [6.07, 6.45) is 2.71. The fourth-order valence-corrected chi connectivity index (χ4v) is 1.93. The molecule has 0 N–H and O–H groups in total. The van der Waals surface area contributed by atoms with Crippen molar-refractivity contribution in [2.75, 3.05) is 0 Å². The summed E-state index contributed by atoms with van der Waals surface area (Å²) in [5.41, 5.74) is 2.34. The number of halogens is 2. The van der Waals surface area contributed by atoms with E-state index in [1.54, 1.807) is 6.07 Å². The van der Waals surface area contributed by atoms with Gasteiger partial charge in [0.25, 0.3) is 0 Å². The number of hydrogen-bond acceptors (Lipinski definition) is 1. The Balaban J connectivity index is 2.50. The second kappa shape index (κ2) is 3.54.